The van der Waals surface area contributed by atoms with E-state index in [2.05, 4.69) is 63.8 Å². The molecule has 0 aliphatic heterocycles. The van der Waals surface area contributed by atoms with E-state index in [1.54, 1.807) is 0 Å². The van der Waals surface area contributed by atoms with Crippen LogP contribution in [0, 0.1) is 20.8 Å². The van der Waals surface area contributed by atoms with Gasteiger partial charge in [-0.05, 0) is 56.9 Å². The van der Waals surface area contributed by atoms with Gasteiger partial charge in [-0.1, -0.05) is 55.8 Å². The zero-order valence-electron chi connectivity index (χ0n) is 18.1. The van der Waals surface area contributed by atoms with E-state index in [1.807, 2.05) is 18.2 Å². The molecule has 4 heteroatoms. The summed E-state index contributed by atoms with van der Waals surface area (Å²) in [6.45, 7) is 12.7. The average molecular weight is 408 g/mol. The van der Waals surface area contributed by atoms with Crippen LogP contribution in [0.3, 0.4) is 0 Å². The van der Waals surface area contributed by atoms with Crippen molar-refractivity contribution in [2.75, 3.05) is 18.0 Å². The molecule has 0 atom stereocenters. The van der Waals surface area contributed by atoms with Crippen molar-refractivity contribution in [3.63, 3.8) is 0 Å². The minimum absolute atomic E-state index is 0.718. The maximum Gasteiger partial charge on any atom is 0.160 e. The van der Waals surface area contributed by atoms with Crippen LogP contribution in [0.1, 0.15) is 43.5 Å². The van der Waals surface area contributed by atoms with Gasteiger partial charge in [0.2, 0.25) is 0 Å². The van der Waals surface area contributed by atoms with Gasteiger partial charge >= 0.3 is 0 Å². The second-order valence-corrected chi connectivity index (χ2v) is 8.03. The van der Waals surface area contributed by atoms with Crippen LogP contribution in [0.4, 0.5) is 5.69 Å². The Hall–Kier alpha value is -2.39. The van der Waals surface area contributed by atoms with E-state index in [1.165, 1.54) is 11.1 Å². The van der Waals surface area contributed by atoms with Crippen molar-refractivity contribution in [3.05, 3.63) is 64.3 Å². The van der Waals surface area contributed by atoms with Gasteiger partial charge in [0.25, 0.3) is 0 Å². The van der Waals surface area contributed by atoms with Crippen LogP contribution >= 0.6 is 11.6 Å². The van der Waals surface area contributed by atoms with Crippen molar-refractivity contribution < 1.29 is 0 Å². The predicted octanol–water partition coefficient (Wildman–Crippen LogP) is 7.02. The van der Waals surface area contributed by atoms with Crippen molar-refractivity contribution in [3.8, 4) is 22.6 Å². The Balaban J connectivity index is 2.29. The van der Waals surface area contributed by atoms with Gasteiger partial charge < -0.3 is 4.90 Å². The summed E-state index contributed by atoms with van der Waals surface area (Å²) < 4.78 is 0. The number of aromatic nitrogens is 2. The molecule has 0 unspecified atom stereocenters. The molecule has 0 bridgehead atoms. The van der Waals surface area contributed by atoms with Gasteiger partial charge in [-0.25, -0.2) is 9.97 Å². The molecular formula is C25H30ClN3. The van der Waals surface area contributed by atoms with Gasteiger partial charge in [-0.15, -0.1) is 0 Å². The Morgan fingerprint density at radius 1 is 0.862 bits per heavy atom. The number of nitrogens with zero attached hydrogens (tertiary/aromatic N) is 3. The molecule has 0 amide bonds. The Kier molecular flexibility index (Phi) is 6.92. The minimum Gasteiger partial charge on any atom is -0.368 e. The molecule has 0 saturated heterocycles. The molecule has 29 heavy (non-hydrogen) atoms. The summed E-state index contributed by atoms with van der Waals surface area (Å²) >= 11 is 6.34. The summed E-state index contributed by atoms with van der Waals surface area (Å²) in [6.07, 6.45) is 2.15. The molecule has 0 saturated carbocycles. The molecule has 0 aliphatic carbocycles. The molecule has 2 aromatic carbocycles. The lowest BCUT2D eigenvalue weighted by molar-refractivity contribution is 0.739. The fourth-order valence-electron chi connectivity index (χ4n) is 3.94. The first kappa shape index (κ1) is 21.3. The topological polar surface area (TPSA) is 29.0 Å². The highest BCUT2D eigenvalue weighted by Gasteiger charge is 2.20. The number of anilines is 1. The zero-order chi connectivity index (χ0) is 21.0. The fraction of sp³-hybridized carbons (Fsp3) is 0.360. The van der Waals surface area contributed by atoms with Gasteiger partial charge in [-0.3, -0.25) is 0 Å². The first-order chi connectivity index (χ1) is 14.0. The highest BCUT2D eigenvalue weighted by atomic mass is 35.5. The number of hydrogen-bond donors (Lipinski definition) is 0. The summed E-state index contributed by atoms with van der Waals surface area (Å²) in [4.78, 5) is 12.5. The summed E-state index contributed by atoms with van der Waals surface area (Å²) in [5.74, 6) is 0.782. The van der Waals surface area contributed by atoms with Crippen LogP contribution in [0.2, 0.25) is 5.02 Å². The fourth-order valence-corrected chi connectivity index (χ4v) is 4.13. The molecular weight excluding hydrogens is 378 g/mol. The minimum atomic E-state index is 0.718. The van der Waals surface area contributed by atoms with Crippen LogP contribution in [-0.4, -0.2) is 23.1 Å². The Morgan fingerprint density at radius 3 is 2.07 bits per heavy atom. The van der Waals surface area contributed by atoms with Crippen molar-refractivity contribution in [2.45, 2.75) is 47.5 Å². The lowest BCUT2D eigenvalue weighted by atomic mass is 10.0. The number of benzene rings is 2. The summed E-state index contributed by atoms with van der Waals surface area (Å²) in [7, 11) is 0. The molecule has 3 aromatic rings. The SMILES string of the molecule is CCCN(CCC)c1c(C)nc(-c2c(C)cccc2C)nc1-c1cccc(Cl)c1. The van der Waals surface area contributed by atoms with Gasteiger partial charge in [-0.2, -0.15) is 0 Å². The number of hydrogen-bond acceptors (Lipinski definition) is 3. The molecule has 0 radical (unpaired) electrons. The Morgan fingerprint density at radius 2 is 1.48 bits per heavy atom. The first-order valence-electron chi connectivity index (χ1n) is 10.4. The lowest BCUT2D eigenvalue weighted by Gasteiger charge is -2.28. The van der Waals surface area contributed by atoms with Crippen LogP contribution in [-0.2, 0) is 0 Å². The van der Waals surface area contributed by atoms with Gasteiger partial charge in [0.05, 0.1) is 17.1 Å². The van der Waals surface area contributed by atoms with E-state index in [4.69, 9.17) is 21.6 Å². The molecule has 3 rings (SSSR count). The van der Waals surface area contributed by atoms with E-state index in [-0.39, 0.29) is 0 Å². The molecule has 1 heterocycles. The largest absolute Gasteiger partial charge is 0.368 e. The molecule has 3 nitrogen and oxygen atoms in total. The smallest absolute Gasteiger partial charge is 0.160 e. The standard InChI is InChI=1S/C25H30ClN3/c1-6-14-29(15-7-2)24-19(5)27-25(22-17(3)10-8-11-18(22)4)28-23(24)20-12-9-13-21(26)16-20/h8-13,16H,6-7,14-15H2,1-5H3. The predicted molar refractivity (Wildman–Crippen MR) is 125 cm³/mol. The highest BCUT2D eigenvalue weighted by molar-refractivity contribution is 6.30. The summed E-state index contributed by atoms with van der Waals surface area (Å²) in [5, 5.41) is 0.718. The van der Waals surface area contributed by atoms with Crippen molar-refractivity contribution in [1.29, 1.82) is 0 Å². The van der Waals surface area contributed by atoms with Crippen LogP contribution in [0.15, 0.2) is 42.5 Å². The van der Waals surface area contributed by atoms with E-state index in [0.29, 0.717) is 0 Å². The van der Waals surface area contributed by atoms with Gasteiger partial charge in [0, 0.05) is 29.2 Å². The number of halogens is 1. The second kappa shape index (κ2) is 9.41. The maximum atomic E-state index is 6.34. The average Bonchev–Trinajstić information content (AvgIpc) is 2.67. The Labute approximate surface area is 179 Å². The zero-order valence-corrected chi connectivity index (χ0v) is 18.8. The van der Waals surface area contributed by atoms with Gasteiger partial charge in [0.15, 0.2) is 5.82 Å². The Bertz CT molecular complexity index is 971. The quantitative estimate of drug-likeness (QED) is 0.421. The molecule has 152 valence electrons. The molecule has 0 fully saturated rings. The highest BCUT2D eigenvalue weighted by Crippen LogP contribution is 2.36. The monoisotopic (exact) mass is 407 g/mol. The molecule has 0 spiro atoms. The first-order valence-corrected chi connectivity index (χ1v) is 10.8. The van der Waals surface area contributed by atoms with E-state index in [0.717, 1.165) is 65.0 Å². The maximum absolute atomic E-state index is 6.34. The van der Waals surface area contributed by atoms with Gasteiger partial charge in [0.1, 0.15) is 0 Å². The molecule has 0 aliphatic rings. The van der Waals surface area contributed by atoms with E-state index < -0.39 is 0 Å². The second-order valence-electron chi connectivity index (χ2n) is 7.59. The number of rotatable bonds is 7. The van der Waals surface area contributed by atoms with Crippen molar-refractivity contribution in [1.82, 2.24) is 9.97 Å². The lowest BCUT2D eigenvalue weighted by Crippen LogP contribution is -2.27. The number of aryl methyl sites for hydroxylation is 3. The van der Waals surface area contributed by atoms with Crippen molar-refractivity contribution in [2.24, 2.45) is 0 Å². The normalized spacial score (nSPS) is 11.0. The van der Waals surface area contributed by atoms with Crippen LogP contribution in [0.25, 0.3) is 22.6 Å². The third-order valence-electron chi connectivity index (χ3n) is 5.16. The van der Waals surface area contributed by atoms with E-state index in [9.17, 15) is 0 Å². The van der Waals surface area contributed by atoms with Crippen LogP contribution < -0.4 is 4.90 Å². The van der Waals surface area contributed by atoms with Crippen LogP contribution in [0.5, 0.6) is 0 Å². The van der Waals surface area contributed by atoms with E-state index >= 15 is 0 Å². The summed E-state index contributed by atoms with van der Waals surface area (Å²) in [6, 6.07) is 14.3. The molecule has 0 N–H and O–H groups in total. The van der Waals surface area contributed by atoms with Crippen molar-refractivity contribution >= 4 is 17.3 Å². The molecule has 1 aromatic heterocycles. The summed E-state index contributed by atoms with van der Waals surface area (Å²) in [5.41, 5.74) is 7.60. The third kappa shape index (κ3) is 4.62. The third-order valence-corrected chi connectivity index (χ3v) is 5.40.